The number of hydrogen-bond donors (Lipinski definition) is 2. The summed E-state index contributed by atoms with van der Waals surface area (Å²) in [4.78, 5) is 11.8. The van der Waals surface area contributed by atoms with Gasteiger partial charge in [0.05, 0.1) is 10.7 Å². The van der Waals surface area contributed by atoms with Crippen LogP contribution in [0.5, 0.6) is 0 Å². The molecule has 0 aromatic heterocycles. The minimum absolute atomic E-state index is 0.0340. The standard InChI is InChI=1S/C12H17ClN2O/c1-3-8(4-2)12(16)15-9-5-6-10(13)11(14)7-9/h5-8H,3-4,14H2,1-2H3,(H,15,16). The Morgan fingerprint density at radius 2 is 2.06 bits per heavy atom. The van der Waals surface area contributed by atoms with Gasteiger partial charge in [0.1, 0.15) is 0 Å². The van der Waals surface area contributed by atoms with Crippen molar-refractivity contribution in [2.75, 3.05) is 11.1 Å². The van der Waals surface area contributed by atoms with E-state index in [-0.39, 0.29) is 11.8 Å². The van der Waals surface area contributed by atoms with E-state index < -0.39 is 0 Å². The fourth-order valence-electron chi connectivity index (χ4n) is 1.53. The van der Waals surface area contributed by atoms with Crippen molar-refractivity contribution < 1.29 is 4.79 Å². The summed E-state index contributed by atoms with van der Waals surface area (Å²) in [5, 5.41) is 3.33. The summed E-state index contributed by atoms with van der Waals surface area (Å²) in [6.45, 7) is 4.01. The summed E-state index contributed by atoms with van der Waals surface area (Å²) in [6, 6.07) is 5.10. The second kappa shape index (κ2) is 5.75. The van der Waals surface area contributed by atoms with E-state index in [1.54, 1.807) is 18.2 Å². The zero-order chi connectivity index (χ0) is 12.1. The second-order valence-corrected chi connectivity index (χ2v) is 4.15. The highest BCUT2D eigenvalue weighted by atomic mass is 35.5. The summed E-state index contributed by atoms with van der Waals surface area (Å²) in [5.74, 6) is 0.0867. The molecule has 0 radical (unpaired) electrons. The van der Waals surface area contributed by atoms with Gasteiger partial charge in [0.2, 0.25) is 5.91 Å². The van der Waals surface area contributed by atoms with Crippen LogP contribution in [-0.2, 0) is 4.79 Å². The van der Waals surface area contributed by atoms with Gasteiger partial charge < -0.3 is 11.1 Å². The van der Waals surface area contributed by atoms with Crippen molar-refractivity contribution in [1.29, 1.82) is 0 Å². The molecule has 1 aromatic rings. The first-order valence-electron chi connectivity index (χ1n) is 5.44. The van der Waals surface area contributed by atoms with Gasteiger partial charge in [-0.3, -0.25) is 4.79 Å². The number of nitrogen functional groups attached to an aromatic ring is 1. The number of nitrogens with one attached hydrogen (secondary N) is 1. The predicted octanol–water partition coefficient (Wildman–Crippen LogP) is 3.30. The molecular weight excluding hydrogens is 224 g/mol. The molecule has 1 aromatic carbocycles. The van der Waals surface area contributed by atoms with E-state index >= 15 is 0 Å². The van der Waals surface area contributed by atoms with Crippen molar-refractivity contribution >= 4 is 28.9 Å². The van der Waals surface area contributed by atoms with Crippen LogP contribution in [0, 0.1) is 5.92 Å². The quantitative estimate of drug-likeness (QED) is 0.794. The Bertz CT molecular complexity index is 375. The molecule has 3 nitrogen and oxygen atoms in total. The number of carbonyl (C=O) groups excluding carboxylic acids is 1. The Hall–Kier alpha value is -1.22. The third-order valence-corrected chi connectivity index (χ3v) is 2.96. The highest BCUT2D eigenvalue weighted by Gasteiger charge is 2.14. The van der Waals surface area contributed by atoms with Gasteiger partial charge in [-0.15, -0.1) is 0 Å². The minimum atomic E-state index is 0.0340. The number of halogens is 1. The molecular formula is C12H17ClN2O. The van der Waals surface area contributed by atoms with E-state index in [0.717, 1.165) is 12.8 Å². The van der Waals surface area contributed by atoms with Gasteiger partial charge in [0.15, 0.2) is 0 Å². The molecule has 0 heterocycles. The van der Waals surface area contributed by atoms with E-state index in [4.69, 9.17) is 17.3 Å². The molecule has 0 aliphatic heterocycles. The molecule has 0 aliphatic rings. The molecule has 88 valence electrons. The van der Waals surface area contributed by atoms with Gasteiger partial charge in [-0.1, -0.05) is 25.4 Å². The molecule has 16 heavy (non-hydrogen) atoms. The molecule has 0 fully saturated rings. The van der Waals surface area contributed by atoms with Crippen LogP contribution in [0.25, 0.3) is 0 Å². The van der Waals surface area contributed by atoms with Crippen molar-refractivity contribution in [3.63, 3.8) is 0 Å². The second-order valence-electron chi connectivity index (χ2n) is 3.74. The molecule has 1 rings (SSSR count). The van der Waals surface area contributed by atoms with Crippen molar-refractivity contribution in [2.24, 2.45) is 5.92 Å². The van der Waals surface area contributed by atoms with Crippen LogP contribution in [-0.4, -0.2) is 5.91 Å². The molecule has 0 aliphatic carbocycles. The summed E-state index contributed by atoms with van der Waals surface area (Å²) >= 11 is 5.80. The van der Waals surface area contributed by atoms with Crippen LogP contribution in [0.15, 0.2) is 18.2 Å². The first-order chi connectivity index (χ1) is 7.58. The molecule has 0 saturated heterocycles. The first kappa shape index (κ1) is 12.8. The van der Waals surface area contributed by atoms with Crippen LogP contribution >= 0.6 is 11.6 Å². The van der Waals surface area contributed by atoms with Gasteiger partial charge in [-0.2, -0.15) is 0 Å². The van der Waals surface area contributed by atoms with Crippen molar-refractivity contribution in [3.05, 3.63) is 23.2 Å². The molecule has 0 bridgehead atoms. The number of rotatable bonds is 4. The van der Waals surface area contributed by atoms with Crippen molar-refractivity contribution in [1.82, 2.24) is 0 Å². The zero-order valence-corrected chi connectivity index (χ0v) is 10.3. The fraction of sp³-hybridized carbons (Fsp3) is 0.417. The lowest BCUT2D eigenvalue weighted by atomic mass is 10.0. The van der Waals surface area contributed by atoms with E-state index in [9.17, 15) is 4.79 Å². The summed E-state index contributed by atoms with van der Waals surface area (Å²) in [6.07, 6.45) is 1.68. The lowest BCUT2D eigenvalue weighted by molar-refractivity contribution is -0.120. The molecule has 0 saturated carbocycles. The van der Waals surface area contributed by atoms with Gasteiger partial charge >= 0.3 is 0 Å². The lowest BCUT2D eigenvalue weighted by Crippen LogP contribution is -2.21. The average Bonchev–Trinajstić information content (AvgIpc) is 2.25. The van der Waals surface area contributed by atoms with Gasteiger partial charge in [0.25, 0.3) is 0 Å². The van der Waals surface area contributed by atoms with Crippen LogP contribution < -0.4 is 11.1 Å². The Balaban J connectivity index is 2.73. The van der Waals surface area contributed by atoms with Crippen LogP contribution in [0.3, 0.4) is 0 Å². The predicted molar refractivity (Wildman–Crippen MR) is 68.6 cm³/mol. The van der Waals surface area contributed by atoms with Gasteiger partial charge in [0, 0.05) is 11.6 Å². The Kier molecular flexibility index (Phi) is 4.62. The zero-order valence-electron chi connectivity index (χ0n) is 9.59. The number of hydrogen-bond acceptors (Lipinski definition) is 2. The van der Waals surface area contributed by atoms with Crippen LogP contribution in [0.2, 0.25) is 5.02 Å². The average molecular weight is 241 g/mol. The summed E-state index contributed by atoms with van der Waals surface area (Å²) < 4.78 is 0. The number of carbonyl (C=O) groups is 1. The molecule has 1 amide bonds. The normalized spacial score (nSPS) is 10.5. The van der Waals surface area contributed by atoms with Gasteiger partial charge in [-0.25, -0.2) is 0 Å². The van der Waals surface area contributed by atoms with E-state index in [2.05, 4.69) is 5.32 Å². The molecule has 3 N–H and O–H groups in total. The molecule has 4 heteroatoms. The number of amides is 1. The molecule has 0 atom stereocenters. The maximum absolute atomic E-state index is 11.8. The highest BCUT2D eigenvalue weighted by molar-refractivity contribution is 6.33. The third-order valence-electron chi connectivity index (χ3n) is 2.62. The Morgan fingerprint density at radius 3 is 2.56 bits per heavy atom. The highest BCUT2D eigenvalue weighted by Crippen LogP contribution is 2.23. The minimum Gasteiger partial charge on any atom is -0.397 e. The first-order valence-corrected chi connectivity index (χ1v) is 5.82. The van der Waals surface area contributed by atoms with E-state index in [1.165, 1.54) is 0 Å². The smallest absolute Gasteiger partial charge is 0.227 e. The summed E-state index contributed by atoms with van der Waals surface area (Å²) in [7, 11) is 0. The monoisotopic (exact) mass is 240 g/mol. The van der Waals surface area contributed by atoms with Crippen molar-refractivity contribution in [3.8, 4) is 0 Å². The maximum Gasteiger partial charge on any atom is 0.227 e. The number of benzene rings is 1. The number of anilines is 2. The van der Waals surface area contributed by atoms with Crippen LogP contribution in [0.4, 0.5) is 11.4 Å². The topological polar surface area (TPSA) is 55.1 Å². The SMILES string of the molecule is CCC(CC)C(=O)Nc1ccc(Cl)c(N)c1. The Labute approximate surface area is 101 Å². The van der Waals surface area contributed by atoms with E-state index in [1.807, 2.05) is 13.8 Å². The van der Waals surface area contributed by atoms with Crippen molar-refractivity contribution in [2.45, 2.75) is 26.7 Å². The maximum atomic E-state index is 11.8. The lowest BCUT2D eigenvalue weighted by Gasteiger charge is -2.13. The molecule has 0 spiro atoms. The van der Waals surface area contributed by atoms with Crippen LogP contribution in [0.1, 0.15) is 26.7 Å². The fourth-order valence-corrected chi connectivity index (χ4v) is 1.64. The van der Waals surface area contributed by atoms with Gasteiger partial charge in [-0.05, 0) is 31.0 Å². The third kappa shape index (κ3) is 3.14. The largest absolute Gasteiger partial charge is 0.397 e. The Morgan fingerprint density at radius 1 is 1.44 bits per heavy atom. The number of nitrogens with two attached hydrogens (primary N) is 1. The molecule has 0 unspecified atom stereocenters. The van der Waals surface area contributed by atoms with E-state index in [0.29, 0.717) is 16.4 Å². The summed E-state index contributed by atoms with van der Waals surface area (Å²) in [5.41, 5.74) is 6.82.